The van der Waals surface area contributed by atoms with E-state index in [4.69, 9.17) is 5.11 Å². The van der Waals surface area contributed by atoms with Crippen molar-refractivity contribution in [3.8, 4) is 0 Å². The van der Waals surface area contributed by atoms with E-state index >= 15 is 0 Å². The van der Waals surface area contributed by atoms with Gasteiger partial charge in [0.1, 0.15) is 0 Å². The Morgan fingerprint density at radius 2 is 2.11 bits per heavy atom. The number of benzene rings is 1. The summed E-state index contributed by atoms with van der Waals surface area (Å²) in [5, 5.41) is 14.0. The SMILES string of the molecule is CCCNC(=O)Nc1ccc(C=CC(=O)O)cc1C. The lowest BCUT2D eigenvalue weighted by Gasteiger charge is -2.09. The first-order valence-corrected chi connectivity index (χ1v) is 6.09. The zero-order valence-corrected chi connectivity index (χ0v) is 11.1. The highest BCUT2D eigenvalue weighted by Crippen LogP contribution is 2.17. The highest BCUT2D eigenvalue weighted by atomic mass is 16.4. The van der Waals surface area contributed by atoms with Gasteiger partial charge < -0.3 is 15.7 Å². The number of carboxylic acids is 1. The number of aryl methyl sites for hydroxylation is 1. The van der Waals surface area contributed by atoms with Crippen molar-refractivity contribution in [1.82, 2.24) is 5.32 Å². The molecule has 0 aliphatic carbocycles. The van der Waals surface area contributed by atoms with Gasteiger partial charge in [-0.05, 0) is 42.7 Å². The van der Waals surface area contributed by atoms with Crippen molar-refractivity contribution in [2.45, 2.75) is 20.3 Å². The van der Waals surface area contributed by atoms with Crippen LogP contribution in [-0.2, 0) is 4.79 Å². The number of amides is 2. The molecule has 0 bridgehead atoms. The smallest absolute Gasteiger partial charge is 0.328 e. The van der Waals surface area contributed by atoms with Crippen LogP contribution in [0.3, 0.4) is 0 Å². The average Bonchev–Trinajstić information content (AvgIpc) is 2.36. The van der Waals surface area contributed by atoms with E-state index in [1.165, 1.54) is 6.08 Å². The summed E-state index contributed by atoms with van der Waals surface area (Å²) in [7, 11) is 0. The summed E-state index contributed by atoms with van der Waals surface area (Å²) in [5.41, 5.74) is 2.36. The molecule has 0 saturated carbocycles. The van der Waals surface area contributed by atoms with Crippen LogP contribution in [0.15, 0.2) is 24.3 Å². The third-order valence-electron chi connectivity index (χ3n) is 2.45. The molecule has 1 rings (SSSR count). The molecule has 0 spiro atoms. The standard InChI is InChI=1S/C14H18N2O3/c1-3-8-15-14(19)16-12-6-4-11(9-10(12)2)5-7-13(17)18/h4-7,9H,3,8H2,1-2H3,(H,17,18)(H2,15,16,19). The highest BCUT2D eigenvalue weighted by Gasteiger charge is 2.03. The number of nitrogens with one attached hydrogen (secondary N) is 2. The number of aliphatic carboxylic acids is 1. The molecular weight excluding hydrogens is 244 g/mol. The van der Waals surface area contributed by atoms with Crippen molar-refractivity contribution in [2.75, 3.05) is 11.9 Å². The maximum absolute atomic E-state index is 11.5. The number of hydrogen-bond acceptors (Lipinski definition) is 2. The van der Waals surface area contributed by atoms with Crippen LogP contribution in [0.1, 0.15) is 24.5 Å². The quantitative estimate of drug-likeness (QED) is 0.714. The van der Waals surface area contributed by atoms with Gasteiger partial charge in [-0.1, -0.05) is 13.0 Å². The zero-order chi connectivity index (χ0) is 14.3. The molecule has 0 aliphatic heterocycles. The summed E-state index contributed by atoms with van der Waals surface area (Å²) in [5.74, 6) is -0.987. The molecule has 0 fully saturated rings. The lowest BCUT2D eigenvalue weighted by molar-refractivity contribution is -0.131. The van der Waals surface area contributed by atoms with Crippen LogP contribution in [0.2, 0.25) is 0 Å². The predicted molar refractivity (Wildman–Crippen MR) is 75.2 cm³/mol. The molecule has 3 N–H and O–H groups in total. The molecule has 0 heterocycles. The van der Waals surface area contributed by atoms with Gasteiger partial charge in [-0.25, -0.2) is 9.59 Å². The average molecular weight is 262 g/mol. The third-order valence-corrected chi connectivity index (χ3v) is 2.45. The van der Waals surface area contributed by atoms with Gasteiger partial charge in [-0.3, -0.25) is 0 Å². The zero-order valence-electron chi connectivity index (χ0n) is 11.1. The molecule has 5 nitrogen and oxygen atoms in total. The molecule has 0 radical (unpaired) electrons. The number of carbonyl (C=O) groups excluding carboxylic acids is 1. The molecule has 0 aromatic heterocycles. The summed E-state index contributed by atoms with van der Waals surface area (Å²) in [4.78, 5) is 21.9. The minimum atomic E-state index is -0.987. The van der Waals surface area contributed by atoms with E-state index in [1.807, 2.05) is 19.9 Å². The summed E-state index contributed by atoms with van der Waals surface area (Å²) < 4.78 is 0. The second-order valence-corrected chi connectivity index (χ2v) is 4.13. The van der Waals surface area contributed by atoms with Crippen LogP contribution >= 0.6 is 0 Å². The van der Waals surface area contributed by atoms with Crippen LogP contribution < -0.4 is 10.6 Å². The Morgan fingerprint density at radius 1 is 1.37 bits per heavy atom. The van der Waals surface area contributed by atoms with Crippen molar-refractivity contribution in [1.29, 1.82) is 0 Å². The summed E-state index contributed by atoms with van der Waals surface area (Å²) in [6.07, 6.45) is 3.47. The Labute approximate surface area is 112 Å². The Hall–Kier alpha value is -2.30. The second-order valence-electron chi connectivity index (χ2n) is 4.13. The van der Waals surface area contributed by atoms with Crippen molar-refractivity contribution < 1.29 is 14.7 Å². The molecule has 102 valence electrons. The van der Waals surface area contributed by atoms with Gasteiger partial charge in [0.2, 0.25) is 0 Å². The van der Waals surface area contributed by atoms with Gasteiger partial charge in [-0.2, -0.15) is 0 Å². The van der Waals surface area contributed by atoms with E-state index in [-0.39, 0.29) is 6.03 Å². The van der Waals surface area contributed by atoms with Crippen molar-refractivity contribution >= 4 is 23.8 Å². The van der Waals surface area contributed by atoms with Crippen molar-refractivity contribution in [3.63, 3.8) is 0 Å². The third kappa shape index (κ3) is 5.25. The lowest BCUT2D eigenvalue weighted by Crippen LogP contribution is -2.29. The first-order chi connectivity index (χ1) is 9.02. The maximum Gasteiger partial charge on any atom is 0.328 e. The van der Waals surface area contributed by atoms with E-state index in [9.17, 15) is 9.59 Å². The van der Waals surface area contributed by atoms with Crippen LogP contribution in [0.5, 0.6) is 0 Å². The monoisotopic (exact) mass is 262 g/mol. The maximum atomic E-state index is 11.5. The highest BCUT2D eigenvalue weighted by molar-refractivity contribution is 5.90. The summed E-state index contributed by atoms with van der Waals surface area (Å²) in [6, 6.07) is 5.08. The van der Waals surface area contributed by atoms with Crippen LogP contribution in [0.25, 0.3) is 6.08 Å². The summed E-state index contributed by atoms with van der Waals surface area (Å²) in [6.45, 7) is 4.47. The Bertz CT molecular complexity index is 495. The Morgan fingerprint density at radius 3 is 2.68 bits per heavy atom. The minimum absolute atomic E-state index is 0.237. The van der Waals surface area contributed by atoms with Crippen LogP contribution in [-0.4, -0.2) is 23.7 Å². The van der Waals surface area contributed by atoms with Gasteiger partial charge in [0, 0.05) is 18.3 Å². The van der Waals surface area contributed by atoms with E-state index < -0.39 is 5.97 Å². The van der Waals surface area contributed by atoms with Gasteiger partial charge in [0.05, 0.1) is 0 Å². The second kappa shape index (κ2) is 7.20. The van der Waals surface area contributed by atoms with Gasteiger partial charge >= 0.3 is 12.0 Å². The van der Waals surface area contributed by atoms with Crippen molar-refractivity contribution in [3.05, 3.63) is 35.4 Å². The lowest BCUT2D eigenvalue weighted by atomic mass is 10.1. The fourth-order valence-corrected chi connectivity index (χ4v) is 1.50. The molecule has 2 amide bonds. The molecule has 0 unspecified atom stereocenters. The van der Waals surface area contributed by atoms with E-state index in [2.05, 4.69) is 10.6 Å². The van der Waals surface area contributed by atoms with Crippen LogP contribution in [0.4, 0.5) is 10.5 Å². The fourth-order valence-electron chi connectivity index (χ4n) is 1.50. The van der Waals surface area contributed by atoms with Crippen molar-refractivity contribution in [2.24, 2.45) is 0 Å². The fraction of sp³-hybridized carbons (Fsp3) is 0.286. The van der Waals surface area contributed by atoms with E-state index in [1.54, 1.807) is 12.1 Å². The number of anilines is 1. The van der Waals surface area contributed by atoms with Gasteiger partial charge in [-0.15, -0.1) is 0 Å². The first-order valence-electron chi connectivity index (χ1n) is 6.09. The first kappa shape index (κ1) is 14.8. The number of rotatable bonds is 5. The Balaban J connectivity index is 2.72. The molecule has 19 heavy (non-hydrogen) atoms. The number of carbonyl (C=O) groups is 2. The molecule has 0 saturated heterocycles. The number of hydrogen-bond donors (Lipinski definition) is 3. The van der Waals surface area contributed by atoms with Gasteiger partial charge in [0.15, 0.2) is 0 Å². The minimum Gasteiger partial charge on any atom is -0.478 e. The molecule has 0 atom stereocenters. The Kier molecular flexibility index (Phi) is 5.60. The molecule has 5 heteroatoms. The van der Waals surface area contributed by atoms with E-state index in [0.29, 0.717) is 12.2 Å². The topological polar surface area (TPSA) is 78.4 Å². The largest absolute Gasteiger partial charge is 0.478 e. The molecular formula is C14H18N2O3. The van der Waals surface area contributed by atoms with Gasteiger partial charge in [0.25, 0.3) is 0 Å². The summed E-state index contributed by atoms with van der Waals surface area (Å²) >= 11 is 0. The molecule has 0 aliphatic rings. The van der Waals surface area contributed by atoms with Crippen LogP contribution in [0, 0.1) is 6.92 Å². The predicted octanol–water partition coefficient (Wildman–Crippen LogP) is 2.62. The number of urea groups is 1. The van der Waals surface area contributed by atoms with E-state index in [0.717, 1.165) is 23.6 Å². The molecule has 1 aromatic rings. The normalized spacial score (nSPS) is 10.4. The molecule has 1 aromatic carbocycles. The number of carboxylic acid groups (broad SMARTS) is 1.